The van der Waals surface area contributed by atoms with Gasteiger partial charge in [-0.3, -0.25) is 4.79 Å². The molecule has 28 heavy (non-hydrogen) atoms. The van der Waals surface area contributed by atoms with Crippen molar-refractivity contribution in [2.45, 2.75) is 39.8 Å². The van der Waals surface area contributed by atoms with E-state index in [1.807, 2.05) is 32.2 Å². The third kappa shape index (κ3) is 4.88. The quantitative estimate of drug-likeness (QED) is 0.681. The Kier molecular flexibility index (Phi) is 6.37. The first-order chi connectivity index (χ1) is 13.2. The molecule has 2 heterocycles. The lowest BCUT2D eigenvalue weighted by Gasteiger charge is -2.28. The molecule has 0 radical (unpaired) electrons. The van der Waals surface area contributed by atoms with E-state index in [9.17, 15) is 13.2 Å². The van der Waals surface area contributed by atoms with Gasteiger partial charge in [-0.15, -0.1) is 11.3 Å². The van der Waals surface area contributed by atoms with Crippen LogP contribution in [0.3, 0.4) is 0 Å². The van der Waals surface area contributed by atoms with Crippen LogP contribution < -0.4 is 4.74 Å². The average molecular weight is 442 g/mol. The van der Waals surface area contributed by atoms with Crippen molar-refractivity contribution in [2.75, 3.05) is 18.1 Å². The molecule has 5 nitrogen and oxygen atoms in total. The minimum atomic E-state index is -3.09. The summed E-state index contributed by atoms with van der Waals surface area (Å²) in [7, 11) is -3.09. The molecule has 1 aliphatic rings. The number of halogens is 1. The second-order valence-corrected chi connectivity index (χ2v) is 10.9. The van der Waals surface area contributed by atoms with Gasteiger partial charge in [-0.05, 0) is 67.5 Å². The third-order valence-corrected chi connectivity index (χ3v) is 8.38. The minimum absolute atomic E-state index is 0.0162. The van der Waals surface area contributed by atoms with Gasteiger partial charge >= 0.3 is 0 Å². The molecule has 152 valence electrons. The molecule has 1 atom stereocenters. The lowest BCUT2D eigenvalue weighted by Crippen LogP contribution is -2.43. The van der Waals surface area contributed by atoms with Gasteiger partial charge in [-0.2, -0.15) is 0 Å². The Morgan fingerprint density at radius 2 is 1.93 bits per heavy atom. The van der Waals surface area contributed by atoms with E-state index >= 15 is 0 Å². The van der Waals surface area contributed by atoms with Gasteiger partial charge in [-0.25, -0.2) is 8.42 Å². The number of ether oxygens (including phenoxy) is 1. The molecule has 1 aromatic carbocycles. The molecule has 0 bridgehead atoms. The molecule has 0 N–H and O–H groups in total. The van der Waals surface area contributed by atoms with Gasteiger partial charge in [0.2, 0.25) is 0 Å². The summed E-state index contributed by atoms with van der Waals surface area (Å²) in [5.74, 6) is 0.517. The monoisotopic (exact) mass is 441 g/mol. The Bertz CT molecular complexity index is 961. The number of carbonyl (C=O) groups excluding carboxylic acids is 1. The number of amides is 1. The van der Waals surface area contributed by atoms with E-state index in [1.54, 1.807) is 28.4 Å². The van der Waals surface area contributed by atoms with E-state index in [0.29, 0.717) is 23.7 Å². The fraction of sp³-hybridized carbons (Fsp3) is 0.450. The van der Waals surface area contributed by atoms with Gasteiger partial charge in [0.1, 0.15) is 5.75 Å². The van der Waals surface area contributed by atoms with Crippen LogP contribution >= 0.6 is 22.9 Å². The first-order valence-electron chi connectivity index (χ1n) is 9.08. The van der Waals surface area contributed by atoms with E-state index in [2.05, 4.69) is 0 Å². The number of rotatable bonds is 6. The molecule has 0 unspecified atom stereocenters. The van der Waals surface area contributed by atoms with E-state index in [1.165, 1.54) is 0 Å². The molecular formula is C20H24ClNO4S2. The number of benzene rings is 1. The first kappa shape index (κ1) is 21.1. The summed E-state index contributed by atoms with van der Waals surface area (Å²) in [5, 5.41) is 2.67. The summed E-state index contributed by atoms with van der Waals surface area (Å²) in [5.41, 5.74) is 2.88. The van der Waals surface area contributed by atoms with Crippen molar-refractivity contribution in [3.63, 3.8) is 0 Å². The molecule has 1 aromatic heterocycles. The number of sulfone groups is 1. The number of nitrogens with zero attached hydrogens (tertiary/aromatic N) is 1. The maximum absolute atomic E-state index is 13.0. The summed E-state index contributed by atoms with van der Waals surface area (Å²) in [6.07, 6.45) is 0.470. The van der Waals surface area contributed by atoms with Crippen LogP contribution in [0.4, 0.5) is 0 Å². The molecule has 0 saturated carbocycles. The van der Waals surface area contributed by atoms with Crippen LogP contribution in [0.25, 0.3) is 0 Å². The third-order valence-electron chi connectivity index (χ3n) is 5.02. The minimum Gasteiger partial charge on any atom is -0.484 e. The number of aryl methyl sites for hydroxylation is 3. The van der Waals surface area contributed by atoms with E-state index in [0.717, 1.165) is 21.6 Å². The fourth-order valence-electron chi connectivity index (χ4n) is 3.38. The normalized spacial score (nSPS) is 18.2. The first-order valence-corrected chi connectivity index (χ1v) is 12.2. The Balaban J connectivity index is 1.75. The highest BCUT2D eigenvalue weighted by Crippen LogP contribution is 2.27. The fourth-order valence-corrected chi connectivity index (χ4v) is 6.12. The standard InChI is InChI=1S/C20H24ClNO4S2/c1-13-4-6-27-18(13)10-22(16-5-7-28(24,25)12-16)19(23)11-26-17-8-14(2)20(21)15(3)9-17/h4,6,8-9,16H,5,7,10-12H2,1-3H3/t16-/m1/s1. The lowest BCUT2D eigenvalue weighted by molar-refractivity contribution is -0.135. The van der Waals surface area contributed by atoms with E-state index in [4.69, 9.17) is 16.3 Å². The maximum Gasteiger partial charge on any atom is 0.261 e. The van der Waals surface area contributed by atoms with Crippen LogP contribution in [-0.4, -0.2) is 43.4 Å². The molecule has 1 amide bonds. The predicted molar refractivity (Wildman–Crippen MR) is 113 cm³/mol. The van der Waals surface area contributed by atoms with Crippen molar-refractivity contribution in [1.29, 1.82) is 0 Å². The van der Waals surface area contributed by atoms with Crippen LogP contribution in [0, 0.1) is 20.8 Å². The number of hydrogen-bond acceptors (Lipinski definition) is 5. The van der Waals surface area contributed by atoms with Gasteiger partial charge in [-0.1, -0.05) is 11.6 Å². The molecule has 1 fully saturated rings. The largest absolute Gasteiger partial charge is 0.484 e. The Morgan fingerprint density at radius 3 is 2.46 bits per heavy atom. The van der Waals surface area contributed by atoms with Gasteiger partial charge in [0.05, 0.1) is 18.1 Å². The summed E-state index contributed by atoms with van der Waals surface area (Å²) < 4.78 is 29.6. The molecule has 8 heteroatoms. The zero-order valence-electron chi connectivity index (χ0n) is 16.2. The average Bonchev–Trinajstić information content (AvgIpc) is 3.20. The smallest absolute Gasteiger partial charge is 0.261 e. The van der Waals surface area contributed by atoms with Crippen LogP contribution in [0.2, 0.25) is 5.02 Å². The van der Waals surface area contributed by atoms with Crippen molar-refractivity contribution in [2.24, 2.45) is 0 Å². The SMILES string of the molecule is Cc1ccsc1CN(C(=O)COc1cc(C)c(Cl)c(C)c1)[C@@H]1CCS(=O)(=O)C1. The second kappa shape index (κ2) is 8.43. The van der Waals surface area contributed by atoms with Crippen molar-refractivity contribution in [1.82, 2.24) is 4.90 Å². The lowest BCUT2D eigenvalue weighted by atomic mass is 10.1. The number of hydrogen-bond donors (Lipinski definition) is 0. The highest BCUT2D eigenvalue weighted by Gasteiger charge is 2.35. The molecule has 0 aliphatic carbocycles. The molecule has 2 aromatic rings. The van der Waals surface area contributed by atoms with Crippen molar-refractivity contribution in [3.8, 4) is 5.75 Å². The summed E-state index contributed by atoms with van der Waals surface area (Å²) in [6.45, 7) is 6.04. The Hall–Kier alpha value is -1.57. The van der Waals surface area contributed by atoms with Crippen LogP contribution in [0.1, 0.15) is 28.0 Å². The Morgan fingerprint density at radius 1 is 1.25 bits per heavy atom. The maximum atomic E-state index is 13.0. The molecular weight excluding hydrogens is 418 g/mol. The Labute approximate surface area is 175 Å². The number of thiophene rings is 1. The van der Waals surface area contributed by atoms with Gasteiger partial charge in [0.25, 0.3) is 5.91 Å². The molecule has 1 saturated heterocycles. The van der Waals surface area contributed by atoms with E-state index < -0.39 is 9.84 Å². The van der Waals surface area contributed by atoms with Crippen LogP contribution in [0.15, 0.2) is 23.6 Å². The summed E-state index contributed by atoms with van der Waals surface area (Å²) in [6, 6.07) is 5.30. The molecule has 3 rings (SSSR count). The van der Waals surface area contributed by atoms with Crippen molar-refractivity contribution < 1.29 is 17.9 Å². The predicted octanol–water partition coefficient (Wildman–Crippen LogP) is 3.92. The zero-order chi connectivity index (χ0) is 20.5. The molecule has 0 spiro atoms. The van der Waals surface area contributed by atoms with Gasteiger partial charge in [0, 0.05) is 15.9 Å². The van der Waals surface area contributed by atoms with E-state index in [-0.39, 0.29) is 30.1 Å². The van der Waals surface area contributed by atoms with Crippen molar-refractivity contribution in [3.05, 3.63) is 50.2 Å². The summed E-state index contributed by atoms with van der Waals surface area (Å²) in [4.78, 5) is 15.7. The van der Waals surface area contributed by atoms with Gasteiger partial charge in [0.15, 0.2) is 16.4 Å². The van der Waals surface area contributed by atoms with Crippen molar-refractivity contribution >= 4 is 38.7 Å². The van der Waals surface area contributed by atoms with Crippen LogP contribution in [0.5, 0.6) is 5.75 Å². The van der Waals surface area contributed by atoms with Crippen LogP contribution in [-0.2, 0) is 21.2 Å². The molecule has 1 aliphatic heterocycles. The zero-order valence-corrected chi connectivity index (χ0v) is 18.6. The summed E-state index contributed by atoms with van der Waals surface area (Å²) >= 11 is 7.76. The highest BCUT2D eigenvalue weighted by molar-refractivity contribution is 7.91. The second-order valence-electron chi connectivity index (χ2n) is 7.27. The van der Waals surface area contributed by atoms with Gasteiger partial charge < -0.3 is 9.64 Å². The highest BCUT2D eigenvalue weighted by atomic mass is 35.5. The number of carbonyl (C=O) groups is 1. The topological polar surface area (TPSA) is 63.7 Å².